The molecule has 3 heteroatoms. The van der Waals surface area contributed by atoms with Crippen LogP contribution in [0.1, 0.15) is 43.2 Å². The van der Waals surface area contributed by atoms with Gasteiger partial charge in [-0.1, -0.05) is 30.7 Å². The summed E-state index contributed by atoms with van der Waals surface area (Å²) in [4.78, 5) is 12.2. The van der Waals surface area contributed by atoms with Crippen molar-refractivity contribution in [2.24, 2.45) is 5.92 Å². The van der Waals surface area contributed by atoms with Crippen LogP contribution < -0.4 is 5.32 Å². The molecule has 0 spiro atoms. The first-order chi connectivity index (χ1) is 9.70. The smallest absolute Gasteiger partial charge is 0.227 e. The lowest BCUT2D eigenvalue weighted by Crippen LogP contribution is -2.20. The summed E-state index contributed by atoms with van der Waals surface area (Å²) in [6.45, 7) is 2.05. The third-order valence-corrected chi connectivity index (χ3v) is 3.62. The van der Waals surface area contributed by atoms with Crippen molar-refractivity contribution in [1.29, 1.82) is 0 Å². The van der Waals surface area contributed by atoms with Gasteiger partial charge in [-0.05, 0) is 37.5 Å². The van der Waals surface area contributed by atoms with Crippen molar-refractivity contribution in [3.05, 3.63) is 29.3 Å². The Labute approximate surface area is 120 Å². The number of hydrogen-bond donors (Lipinski definition) is 2. The molecular weight excluding hydrogens is 250 g/mol. The molecule has 2 N–H and O–H groups in total. The first kappa shape index (κ1) is 14.6. The van der Waals surface area contributed by atoms with Crippen molar-refractivity contribution in [3.8, 4) is 11.8 Å². The summed E-state index contributed by atoms with van der Waals surface area (Å²) in [6, 6.07) is 5.86. The lowest BCUT2D eigenvalue weighted by molar-refractivity contribution is -0.119. The molecule has 0 aliphatic heterocycles. The zero-order chi connectivity index (χ0) is 14.4. The quantitative estimate of drug-likeness (QED) is 0.831. The molecule has 0 atom stereocenters. The second-order valence-corrected chi connectivity index (χ2v) is 5.30. The van der Waals surface area contributed by atoms with Crippen molar-refractivity contribution >= 4 is 11.6 Å². The highest BCUT2D eigenvalue weighted by atomic mass is 16.2. The number of anilines is 1. The van der Waals surface area contributed by atoms with E-state index in [2.05, 4.69) is 17.2 Å². The summed E-state index contributed by atoms with van der Waals surface area (Å²) in [6.07, 6.45) is 4.72. The second-order valence-electron chi connectivity index (χ2n) is 5.30. The number of aliphatic hydroxyl groups excluding tert-OH is 1. The van der Waals surface area contributed by atoms with Gasteiger partial charge in [-0.15, -0.1) is 0 Å². The van der Waals surface area contributed by atoms with E-state index < -0.39 is 0 Å². The number of carbonyl (C=O) groups is 1. The molecule has 1 aromatic carbocycles. The molecule has 0 saturated heterocycles. The van der Waals surface area contributed by atoms with E-state index in [0.717, 1.165) is 42.5 Å². The SMILES string of the molecule is Cc1ccc(C#CCCO)c(NC(=O)C2CCCC2)c1. The molecule has 0 bridgehead atoms. The van der Waals surface area contributed by atoms with Gasteiger partial charge in [0.05, 0.1) is 12.3 Å². The fraction of sp³-hybridized carbons (Fsp3) is 0.471. The first-order valence-corrected chi connectivity index (χ1v) is 7.22. The van der Waals surface area contributed by atoms with Crippen LogP contribution in [0.25, 0.3) is 0 Å². The van der Waals surface area contributed by atoms with E-state index in [9.17, 15) is 4.79 Å². The third-order valence-electron chi connectivity index (χ3n) is 3.62. The van der Waals surface area contributed by atoms with Gasteiger partial charge in [0.15, 0.2) is 0 Å². The highest BCUT2D eigenvalue weighted by molar-refractivity contribution is 5.94. The zero-order valence-electron chi connectivity index (χ0n) is 11.9. The lowest BCUT2D eigenvalue weighted by atomic mass is 10.1. The standard InChI is InChI=1S/C17H21NO2/c1-13-9-10-14(6-4-5-11-19)16(12-13)18-17(20)15-7-2-3-8-15/h9-10,12,15,19H,2-3,5,7-8,11H2,1H3,(H,18,20). The van der Waals surface area contributed by atoms with Crippen LogP contribution in [0.4, 0.5) is 5.69 Å². The largest absolute Gasteiger partial charge is 0.395 e. The van der Waals surface area contributed by atoms with Crippen LogP contribution in [-0.4, -0.2) is 17.6 Å². The molecule has 106 valence electrons. The predicted octanol–water partition coefficient (Wildman–Crippen LogP) is 2.86. The Balaban J connectivity index is 2.14. The third kappa shape index (κ3) is 3.85. The number of aryl methyl sites for hydroxylation is 1. The van der Waals surface area contributed by atoms with Gasteiger partial charge in [0.2, 0.25) is 5.91 Å². The summed E-state index contributed by atoms with van der Waals surface area (Å²) in [5.74, 6) is 6.17. The maximum absolute atomic E-state index is 12.2. The van der Waals surface area contributed by atoms with E-state index >= 15 is 0 Å². The minimum absolute atomic E-state index is 0.0582. The summed E-state index contributed by atoms with van der Waals surface area (Å²) in [5, 5.41) is 11.8. The summed E-state index contributed by atoms with van der Waals surface area (Å²) >= 11 is 0. The Hall–Kier alpha value is -1.79. The molecule has 2 rings (SSSR count). The summed E-state index contributed by atoms with van der Waals surface area (Å²) < 4.78 is 0. The van der Waals surface area contributed by atoms with Crippen LogP contribution in [0.2, 0.25) is 0 Å². The van der Waals surface area contributed by atoms with Crippen molar-refractivity contribution < 1.29 is 9.90 Å². The van der Waals surface area contributed by atoms with E-state index in [1.54, 1.807) is 0 Å². The van der Waals surface area contributed by atoms with Crippen molar-refractivity contribution in [1.82, 2.24) is 0 Å². The molecule has 20 heavy (non-hydrogen) atoms. The Bertz CT molecular complexity index is 534. The molecule has 1 aliphatic rings. The molecule has 3 nitrogen and oxygen atoms in total. The van der Waals surface area contributed by atoms with Gasteiger partial charge in [0.25, 0.3) is 0 Å². The molecule has 1 saturated carbocycles. The summed E-state index contributed by atoms with van der Waals surface area (Å²) in [5.41, 5.74) is 2.70. The molecular formula is C17H21NO2. The van der Waals surface area contributed by atoms with Crippen LogP contribution in [0.15, 0.2) is 18.2 Å². The Morgan fingerprint density at radius 2 is 2.15 bits per heavy atom. The number of benzene rings is 1. The fourth-order valence-corrected chi connectivity index (χ4v) is 2.51. The van der Waals surface area contributed by atoms with Crippen LogP contribution in [0.3, 0.4) is 0 Å². The van der Waals surface area contributed by atoms with Crippen molar-refractivity contribution in [2.45, 2.75) is 39.0 Å². The van der Waals surface area contributed by atoms with Gasteiger partial charge in [-0.3, -0.25) is 4.79 Å². The number of carbonyl (C=O) groups excluding carboxylic acids is 1. The highest BCUT2D eigenvalue weighted by Crippen LogP contribution is 2.27. The van der Waals surface area contributed by atoms with Crippen LogP contribution in [0.5, 0.6) is 0 Å². The lowest BCUT2D eigenvalue weighted by Gasteiger charge is -2.12. The van der Waals surface area contributed by atoms with Crippen LogP contribution in [0, 0.1) is 24.7 Å². The molecule has 1 fully saturated rings. The minimum Gasteiger partial charge on any atom is -0.395 e. The molecule has 0 aromatic heterocycles. The molecule has 1 aliphatic carbocycles. The van der Waals surface area contributed by atoms with Crippen LogP contribution >= 0.6 is 0 Å². The Kier molecular flexibility index (Phi) is 5.20. The normalized spacial score (nSPS) is 14.7. The van der Waals surface area contributed by atoms with E-state index in [4.69, 9.17) is 5.11 Å². The molecule has 1 aromatic rings. The number of aliphatic hydroxyl groups is 1. The average molecular weight is 271 g/mol. The van der Waals surface area contributed by atoms with E-state index in [-0.39, 0.29) is 18.4 Å². The first-order valence-electron chi connectivity index (χ1n) is 7.22. The topological polar surface area (TPSA) is 49.3 Å². The van der Waals surface area contributed by atoms with Crippen molar-refractivity contribution in [3.63, 3.8) is 0 Å². The predicted molar refractivity (Wildman–Crippen MR) is 80.3 cm³/mol. The number of rotatable bonds is 3. The fourth-order valence-electron chi connectivity index (χ4n) is 2.51. The monoisotopic (exact) mass is 271 g/mol. The van der Waals surface area contributed by atoms with Gasteiger partial charge >= 0.3 is 0 Å². The average Bonchev–Trinajstić information content (AvgIpc) is 2.95. The number of amides is 1. The van der Waals surface area contributed by atoms with Crippen molar-refractivity contribution in [2.75, 3.05) is 11.9 Å². The molecule has 1 amide bonds. The van der Waals surface area contributed by atoms with E-state index in [1.807, 2.05) is 25.1 Å². The zero-order valence-corrected chi connectivity index (χ0v) is 11.9. The highest BCUT2D eigenvalue weighted by Gasteiger charge is 2.23. The van der Waals surface area contributed by atoms with Gasteiger partial charge in [-0.2, -0.15) is 0 Å². The van der Waals surface area contributed by atoms with Gasteiger partial charge in [-0.25, -0.2) is 0 Å². The maximum Gasteiger partial charge on any atom is 0.227 e. The molecule has 0 radical (unpaired) electrons. The Morgan fingerprint density at radius 1 is 1.40 bits per heavy atom. The molecule has 0 unspecified atom stereocenters. The van der Waals surface area contributed by atoms with Crippen LogP contribution in [-0.2, 0) is 4.79 Å². The van der Waals surface area contributed by atoms with Gasteiger partial charge in [0.1, 0.15) is 0 Å². The van der Waals surface area contributed by atoms with Gasteiger partial charge in [0, 0.05) is 17.9 Å². The number of hydrogen-bond acceptors (Lipinski definition) is 2. The minimum atomic E-state index is 0.0582. The summed E-state index contributed by atoms with van der Waals surface area (Å²) in [7, 11) is 0. The maximum atomic E-state index is 12.2. The van der Waals surface area contributed by atoms with E-state index in [0.29, 0.717) is 6.42 Å². The van der Waals surface area contributed by atoms with Gasteiger partial charge < -0.3 is 10.4 Å². The van der Waals surface area contributed by atoms with E-state index in [1.165, 1.54) is 0 Å². The number of nitrogens with one attached hydrogen (secondary N) is 1. The molecule has 0 heterocycles. The Morgan fingerprint density at radius 3 is 2.85 bits per heavy atom. The second kappa shape index (κ2) is 7.12.